The van der Waals surface area contributed by atoms with E-state index in [-0.39, 0.29) is 23.0 Å². The summed E-state index contributed by atoms with van der Waals surface area (Å²) in [5.41, 5.74) is -0.378. The average molecular weight is 249 g/mol. The van der Waals surface area contributed by atoms with E-state index in [2.05, 4.69) is 15.9 Å². The van der Waals surface area contributed by atoms with Crippen LogP contribution in [-0.4, -0.2) is 22.2 Å². The van der Waals surface area contributed by atoms with Gasteiger partial charge in [0.05, 0.1) is 11.2 Å². The number of carboxylic acid groups (broad SMARTS) is 1. The van der Waals surface area contributed by atoms with Crippen molar-refractivity contribution in [1.82, 2.24) is 0 Å². The molecule has 0 aromatic rings. The number of carboxylic acids is 1. The Hall–Kier alpha value is -0.380. The van der Waals surface area contributed by atoms with Crippen molar-refractivity contribution in [3.05, 3.63) is 0 Å². The van der Waals surface area contributed by atoms with Crippen LogP contribution in [0, 0.1) is 17.3 Å². The van der Waals surface area contributed by atoms with Gasteiger partial charge in [-0.25, -0.2) is 0 Å². The van der Waals surface area contributed by atoms with Gasteiger partial charge in [0.25, 0.3) is 0 Å². The summed E-state index contributed by atoms with van der Waals surface area (Å²) in [6.45, 7) is 3.70. The molecule has 74 valence electrons. The number of alkyl halides is 1. The second kappa shape index (κ2) is 3.40. The first-order valence-electron chi connectivity index (χ1n) is 4.22. The number of carbonyl (C=O) groups is 2. The Bertz CT molecular complexity index is 247. The van der Waals surface area contributed by atoms with E-state index in [1.807, 2.05) is 13.8 Å². The van der Waals surface area contributed by atoms with Crippen molar-refractivity contribution in [2.75, 3.05) is 5.33 Å². The molecule has 1 fully saturated rings. The molecule has 13 heavy (non-hydrogen) atoms. The fourth-order valence-corrected chi connectivity index (χ4v) is 2.37. The molecular weight excluding hydrogens is 236 g/mol. The summed E-state index contributed by atoms with van der Waals surface area (Å²) in [6.07, 6.45) is 0.493. The van der Waals surface area contributed by atoms with E-state index in [1.54, 1.807) is 0 Å². The molecule has 1 rings (SSSR count). The van der Waals surface area contributed by atoms with Crippen LogP contribution in [0.4, 0.5) is 0 Å². The number of hydrogen-bond acceptors (Lipinski definition) is 2. The molecule has 2 unspecified atom stereocenters. The fourth-order valence-electron chi connectivity index (χ4n) is 1.98. The smallest absolute Gasteiger partial charge is 0.307 e. The van der Waals surface area contributed by atoms with Crippen LogP contribution >= 0.6 is 15.9 Å². The lowest BCUT2D eigenvalue weighted by Crippen LogP contribution is -2.52. The highest BCUT2D eigenvalue weighted by Gasteiger charge is 2.54. The van der Waals surface area contributed by atoms with Crippen molar-refractivity contribution in [2.45, 2.75) is 20.3 Å². The minimum Gasteiger partial charge on any atom is -0.481 e. The number of ketones is 1. The molecule has 1 aliphatic rings. The molecule has 0 radical (unpaired) electrons. The van der Waals surface area contributed by atoms with Crippen LogP contribution in [0.25, 0.3) is 0 Å². The van der Waals surface area contributed by atoms with Crippen molar-refractivity contribution < 1.29 is 14.7 Å². The van der Waals surface area contributed by atoms with Gasteiger partial charge in [-0.05, 0) is 11.8 Å². The van der Waals surface area contributed by atoms with E-state index in [9.17, 15) is 9.59 Å². The van der Waals surface area contributed by atoms with Gasteiger partial charge in [0.1, 0.15) is 5.78 Å². The van der Waals surface area contributed by atoms with E-state index in [0.717, 1.165) is 0 Å². The number of halogens is 1. The van der Waals surface area contributed by atoms with Crippen LogP contribution in [0.3, 0.4) is 0 Å². The van der Waals surface area contributed by atoms with Crippen LogP contribution in [0.2, 0.25) is 0 Å². The summed E-state index contributed by atoms with van der Waals surface area (Å²) in [6, 6.07) is 0. The molecule has 0 saturated heterocycles. The molecule has 0 aromatic heterocycles. The maximum Gasteiger partial charge on any atom is 0.307 e. The predicted octanol–water partition coefficient (Wildman–Crippen LogP) is 1.70. The van der Waals surface area contributed by atoms with Crippen molar-refractivity contribution in [1.29, 1.82) is 0 Å². The number of rotatable bonds is 3. The first-order valence-corrected chi connectivity index (χ1v) is 5.35. The van der Waals surface area contributed by atoms with Gasteiger partial charge >= 0.3 is 5.97 Å². The zero-order chi connectivity index (χ0) is 10.2. The topological polar surface area (TPSA) is 54.4 Å². The third kappa shape index (κ3) is 1.64. The number of Topliss-reactive ketones (excluding diaryl/α,β-unsaturated/α-hetero) is 1. The largest absolute Gasteiger partial charge is 0.481 e. The Morgan fingerprint density at radius 2 is 2.00 bits per heavy atom. The molecule has 1 saturated carbocycles. The Morgan fingerprint density at radius 3 is 2.31 bits per heavy atom. The molecule has 0 heterocycles. The minimum atomic E-state index is -0.788. The van der Waals surface area contributed by atoms with Gasteiger partial charge in [0, 0.05) is 5.92 Å². The number of aliphatic carboxylic acids is 1. The van der Waals surface area contributed by atoms with E-state index in [1.165, 1.54) is 0 Å². The van der Waals surface area contributed by atoms with E-state index < -0.39 is 5.97 Å². The van der Waals surface area contributed by atoms with Crippen molar-refractivity contribution in [3.8, 4) is 0 Å². The number of hydrogen-bond donors (Lipinski definition) is 1. The summed E-state index contributed by atoms with van der Waals surface area (Å²) in [7, 11) is 0. The van der Waals surface area contributed by atoms with Crippen LogP contribution < -0.4 is 0 Å². The molecule has 1 N–H and O–H groups in total. The third-order valence-electron chi connectivity index (χ3n) is 3.09. The Kier molecular flexibility index (Phi) is 2.80. The minimum absolute atomic E-state index is 0.0898. The maximum atomic E-state index is 11.3. The van der Waals surface area contributed by atoms with Gasteiger partial charge in [-0.1, -0.05) is 29.8 Å². The Morgan fingerprint density at radius 1 is 1.46 bits per heavy atom. The van der Waals surface area contributed by atoms with E-state index in [0.29, 0.717) is 11.8 Å². The monoisotopic (exact) mass is 248 g/mol. The zero-order valence-corrected chi connectivity index (χ0v) is 9.30. The van der Waals surface area contributed by atoms with Crippen molar-refractivity contribution in [2.24, 2.45) is 17.3 Å². The highest BCUT2D eigenvalue weighted by atomic mass is 79.9. The lowest BCUT2D eigenvalue weighted by Gasteiger charge is -2.48. The molecular formula is C9H13BrO3. The Balaban J connectivity index is 2.69. The standard InChI is InChI=1S/C9H13BrO3/c1-9(2)5(7(11)4-10)3-6(9)8(12)13/h5-6H,3-4H2,1-2H3,(H,12,13). The first kappa shape index (κ1) is 10.7. The van der Waals surface area contributed by atoms with Gasteiger partial charge in [0.2, 0.25) is 0 Å². The second-order valence-corrected chi connectivity index (χ2v) is 4.66. The highest BCUT2D eigenvalue weighted by Crippen LogP contribution is 2.51. The summed E-state index contributed by atoms with van der Waals surface area (Å²) < 4.78 is 0. The van der Waals surface area contributed by atoms with Crippen LogP contribution in [0.1, 0.15) is 20.3 Å². The molecule has 0 bridgehead atoms. The van der Waals surface area contributed by atoms with E-state index in [4.69, 9.17) is 5.11 Å². The van der Waals surface area contributed by atoms with Crippen molar-refractivity contribution in [3.63, 3.8) is 0 Å². The predicted molar refractivity (Wildman–Crippen MR) is 51.8 cm³/mol. The Labute approximate surface area is 85.6 Å². The van der Waals surface area contributed by atoms with Gasteiger partial charge in [0.15, 0.2) is 0 Å². The molecule has 4 heteroatoms. The summed E-state index contributed by atoms with van der Waals surface area (Å²) in [4.78, 5) is 22.1. The molecule has 0 aromatic carbocycles. The quantitative estimate of drug-likeness (QED) is 0.774. The average Bonchev–Trinajstić information content (AvgIpc) is 2.01. The zero-order valence-electron chi connectivity index (χ0n) is 7.71. The molecule has 0 spiro atoms. The van der Waals surface area contributed by atoms with Crippen LogP contribution in [0.15, 0.2) is 0 Å². The molecule has 2 atom stereocenters. The van der Waals surface area contributed by atoms with Gasteiger partial charge in [-0.15, -0.1) is 0 Å². The molecule has 0 amide bonds. The molecule has 1 aliphatic carbocycles. The molecule has 3 nitrogen and oxygen atoms in total. The fraction of sp³-hybridized carbons (Fsp3) is 0.778. The van der Waals surface area contributed by atoms with Gasteiger partial charge in [-0.3, -0.25) is 9.59 Å². The van der Waals surface area contributed by atoms with Gasteiger partial charge in [-0.2, -0.15) is 0 Å². The highest BCUT2D eigenvalue weighted by molar-refractivity contribution is 9.09. The first-order chi connectivity index (χ1) is 5.91. The van der Waals surface area contributed by atoms with Crippen molar-refractivity contribution >= 4 is 27.7 Å². The summed E-state index contributed by atoms with van der Waals surface area (Å²) in [5.74, 6) is -1.13. The van der Waals surface area contributed by atoms with Gasteiger partial charge < -0.3 is 5.11 Å². The van der Waals surface area contributed by atoms with Crippen LogP contribution in [-0.2, 0) is 9.59 Å². The van der Waals surface area contributed by atoms with E-state index >= 15 is 0 Å². The lowest BCUT2D eigenvalue weighted by atomic mass is 9.53. The summed E-state index contributed by atoms with van der Waals surface area (Å²) in [5, 5.41) is 9.14. The van der Waals surface area contributed by atoms with Crippen LogP contribution in [0.5, 0.6) is 0 Å². The second-order valence-electron chi connectivity index (χ2n) is 4.10. The molecule has 0 aliphatic heterocycles. The maximum absolute atomic E-state index is 11.3. The third-order valence-corrected chi connectivity index (χ3v) is 3.64. The SMILES string of the molecule is CC1(C)C(C(=O)O)CC1C(=O)CBr. The lowest BCUT2D eigenvalue weighted by molar-refractivity contribution is -0.161. The normalized spacial score (nSPS) is 30.7. The summed E-state index contributed by atoms with van der Waals surface area (Å²) >= 11 is 3.10. The number of carbonyl (C=O) groups excluding carboxylic acids is 1.